The highest BCUT2D eigenvalue weighted by Gasteiger charge is 2.13. The van der Waals surface area contributed by atoms with Crippen molar-refractivity contribution < 1.29 is 9.53 Å². The molecule has 0 unspecified atom stereocenters. The molecular formula is C12H13N3O3. The number of hydrogen-bond donors (Lipinski definition) is 0. The molecule has 0 saturated heterocycles. The second-order valence-electron chi connectivity index (χ2n) is 4.29. The van der Waals surface area contributed by atoms with Gasteiger partial charge in [0, 0.05) is 0 Å². The van der Waals surface area contributed by atoms with Crippen LogP contribution >= 0.6 is 0 Å². The van der Waals surface area contributed by atoms with E-state index < -0.39 is 11.7 Å². The quantitative estimate of drug-likeness (QED) is 0.802. The first-order valence-electron chi connectivity index (χ1n) is 5.61. The highest BCUT2D eigenvalue weighted by Crippen LogP contribution is 2.03. The monoisotopic (exact) mass is 247 g/mol. The van der Waals surface area contributed by atoms with Gasteiger partial charge in [-0.2, -0.15) is 0 Å². The van der Waals surface area contributed by atoms with Crippen molar-refractivity contribution in [1.82, 2.24) is 15.0 Å². The van der Waals surface area contributed by atoms with Gasteiger partial charge in [-0.05, 0) is 18.1 Å². The number of carbonyl (C=O) groups excluding carboxylic acids is 1. The van der Waals surface area contributed by atoms with Gasteiger partial charge in [0.1, 0.15) is 5.52 Å². The van der Waals surface area contributed by atoms with Gasteiger partial charge in [-0.15, -0.1) is 9.78 Å². The molecule has 0 saturated carbocycles. The normalized spacial score (nSPS) is 10.8. The Labute approximate surface area is 103 Å². The summed E-state index contributed by atoms with van der Waals surface area (Å²) in [7, 11) is 0. The summed E-state index contributed by atoms with van der Waals surface area (Å²) in [5.41, 5.74) is -0.0650. The van der Waals surface area contributed by atoms with Crippen molar-refractivity contribution in [2.75, 3.05) is 6.61 Å². The molecule has 6 nitrogen and oxygen atoms in total. The Morgan fingerprint density at radius 3 is 2.83 bits per heavy atom. The second-order valence-corrected chi connectivity index (χ2v) is 4.29. The molecule has 0 aliphatic heterocycles. The molecule has 18 heavy (non-hydrogen) atoms. The maximum absolute atomic E-state index is 12.0. The summed E-state index contributed by atoms with van der Waals surface area (Å²) in [6.45, 7) is 4.05. The number of nitrogens with zero attached hydrogens (tertiary/aromatic N) is 3. The van der Waals surface area contributed by atoms with Crippen molar-refractivity contribution >= 4 is 17.0 Å². The number of rotatable bonds is 2. The minimum absolute atomic E-state index is 0.193. The molecule has 94 valence electrons. The van der Waals surface area contributed by atoms with Crippen LogP contribution in [0.1, 0.15) is 13.8 Å². The molecule has 0 aliphatic rings. The van der Waals surface area contributed by atoms with Crippen LogP contribution in [0, 0.1) is 5.92 Å². The van der Waals surface area contributed by atoms with Crippen molar-refractivity contribution in [3.8, 4) is 0 Å². The largest absolute Gasteiger partial charge is 0.448 e. The fourth-order valence-corrected chi connectivity index (χ4v) is 1.41. The summed E-state index contributed by atoms with van der Waals surface area (Å²) in [5, 5.41) is 7.71. The second kappa shape index (κ2) is 4.95. The van der Waals surface area contributed by atoms with Crippen LogP contribution in [-0.4, -0.2) is 27.7 Å². The van der Waals surface area contributed by atoms with Crippen molar-refractivity contribution in [2.45, 2.75) is 13.8 Å². The summed E-state index contributed by atoms with van der Waals surface area (Å²) in [5.74, 6) is 0.193. The molecule has 0 amide bonds. The molecule has 1 aromatic carbocycles. The van der Waals surface area contributed by atoms with Gasteiger partial charge in [0.2, 0.25) is 0 Å². The van der Waals surface area contributed by atoms with E-state index in [4.69, 9.17) is 4.74 Å². The zero-order valence-electron chi connectivity index (χ0n) is 10.2. The first-order chi connectivity index (χ1) is 8.59. The molecule has 6 heteroatoms. The highest BCUT2D eigenvalue weighted by atomic mass is 16.6. The lowest BCUT2D eigenvalue weighted by molar-refractivity contribution is 0.129. The van der Waals surface area contributed by atoms with Gasteiger partial charge in [0.15, 0.2) is 0 Å². The standard InChI is InChI=1S/C12H13N3O3/c1-8(2)7-18-12(17)15-11(16)9-5-3-4-6-10(9)13-14-15/h3-6,8H,7H2,1-2H3. The molecule has 0 N–H and O–H groups in total. The van der Waals surface area contributed by atoms with Crippen LogP contribution < -0.4 is 5.56 Å². The first kappa shape index (κ1) is 12.2. The minimum Gasteiger partial charge on any atom is -0.448 e. The molecule has 0 atom stereocenters. The zero-order valence-corrected chi connectivity index (χ0v) is 10.2. The summed E-state index contributed by atoms with van der Waals surface area (Å²) in [6.07, 6.45) is -0.799. The van der Waals surface area contributed by atoms with E-state index in [-0.39, 0.29) is 12.5 Å². The van der Waals surface area contributed by atoms with Crippen LogP contribution in [0.5, 0.6) is 0 Å². The molecule has 0 aliphatic carbocycles. The molecule has 0 bridgehead atoms. The third-order valence-electron chi connectivity index (χ3n) is 2.28. The maximum Gasteiger partial charge on any atom is 0.439 e. The number of fused-ring (bicyclic) bond motifs is 1. The highest BCUT2D eigenvalue weighted by molar-refractivity contribution is 5.79. The summed E-state index contributed by atoms with van der Waals surface area (Å²) >= 11 is 0. The fraction of sp³-hybridized carbons (Fsp3) is 0.333. The van der Waals surface area contributed by atoms with Gasteiger partial charge >= 0.3 is 6.09 Å². The van der Waals surface area contributed by atoms with Crippen molar-refractivity contribution in [1.29, 1.82) is 0 Å². The van der Waals surface area contributed by atoms with Gasteiger partial charge in [0.25, 0.3) is 5.56 Å². The van der Waals surface area contributed by atoms with Crippen molar-refractivity contribution in [2.24, 2.45) is 5.92 Å². The van der Waals surface area contributed by atoms with Crippen molar-refractivity contribution in [3.05, 3.63) is 34.6 Å². The Morgan fingerprint density at radius 2 is 2.11 bits per heavy atom. The van der Waals surface area contributed by atoms with E-state index in [1.807, 2.05) is 13.8 Å². The van der Waals surface area contributed by atoms with E-state index in [2.05, 4.69) is 10.3 Å². The van der Waals surface area contributed by atoms with E-state index in [0.717, 1.165) is 0 Å². The Kier molecular flexibility index (Phi) is 3.36. The van der Waals surface area contributed by atoms with Crippen LogP contribution in [0.2, 0.25) is 0 Å². The number of carbonyl (C=O) groups is 1. The van der Waals surface area contributed by atoms with Gasteiger partial charge in [-0.1, -0.05) is 31.2 Å². The SMILES string of the molecule is CC(C)COC(=O)n1nnc2ccccc2c1=O. The number of ether oxygens (including phenoxy) is 1. The van der Waals surface area contributed by atoms with Gasteiger partial charge in [0.05, 0.1) is 12.0 Å². The smallest absolute Gasteiger partial charge is 0.439 e. The summed E-state index contributed by atoms with van der Waals surface area (Å²) < 4.78 is 5.58. The van der Waals surface area contributed by atoms with E-state index >= 15 is 0 Å². The average molecular weight is 247 g/mol. The van der Waals surface area contributed by atoms with Crippen LogP contribution in [0.15, 0.2) is 29.1 Å². The Hall–Kier alpha value is -2.24. The van der Waals surface area contributed by atoms with Gasteiger partial charge in [-0.25, -0.2) is 4.79 Å². The predicted molar refractivity (Wildman–Crippen MR) is 65.4 cm³/mol. The summed E-state index contributed by atoms with van der Waals surface area (Å²) in [4.78, 5) is 23.6. The van der Waals surface area contributed by atoms with E-state index in [1.165, 1.54) is 0 Å². The molecule has 0 fully saturated rings. The molecular weight excluding hydrogens is 234 g/mol. The maximum atomic E-state index is 12.0. The lowest BCUT2D eigenvalue weighted by atomic mass is 10.2. The molecule has 1 aromatic heterocycles. The molecule has 0 spiro atoms. The lowest BCUT2D eigenvalue weighted by Gasteiger charge is -2.07. The minimum atomic E-state index is -0.799. The Balaban J connectivity index is 2.37. The Bertz CT molecular complexity index is 634. The van der Waals surface area contributed by atoms with Crippen LogP contribution in [0.3, 0.4) is 0 Å². The van der Waals surface area contributed by atoms with Crippen LogP contribution in [0.4, 0.5) is 4.79 Å². The van der Waals surface area contributed by atoms with Gasteiger partial charge in [-0.3, -0.25) is 4.79 Å². The molecule has 2 aromatic rings. The van der Waals surface area contributed by atoms with Crippen LogP contribution in [-0.2, 0) is 4.74 Å². The number of benzene rings is 1. The Morgan fingerprint density at radius 1 is 1.39 bits per heavy atom. The average Bonchev–Trinajstić information content (AvgIpc) is 2.37. The number of aromatic nitrogens is 3. The fourth-order valence-electron chi connectivity index (χ4n) is 1.41. The van der Waals surface area contributed by atoms with E-state index in [1.54, 1.807) is 24.3 Å². The van der Waals surface area contributed by atoms with Crippen LogP contribution in [0.25, 0.3) is 10.9 Å². The van der Waals surface area contributed by atoms with Gasteiger partial charge < -0.3 is 4.74 Å². The van der Waals surface area contributed by atoms with Crippen molar-refractivity contribution in [3.63, 3.8) is 0 Å². The summed E-state index contributed by atoms with van der Waals surface area (Å²) in [6, 6.07) is 6.71. The third-order valence-corrected chi connectivity index (χ3v) is 2.28. The molecule has 1 heterocycles. The molecule has 0 radical (unpaired) electrons. The van der Waals surface area contributed by atoms with E-state index in [0.29, 0.717) is 15.6 Å². The number of hydrogen-bond acceptors (Lipinski definition) is 5. The zero-order chi connectivity index (χ0) is 13.1. The lowest BCUT2D eigenvalue weighted by Crippen LogP contribution is -2.31. The third kappa shape index (κ3) is 2.37. The predicted octanol–water partition coefficient (Wildman–Crippen LogP) is 1.43. The van der Waals surface area contributed by atoms with E-state index in [9.17, 15) is 9.59 Å². The molecule has 2 rings (SSSR count). The first-order valence-corrected chi connectivity index (χ1v) is 5.61. The topological polar surface area (TPSA) is 74.1 Å².